The molecule has 0 spiro atoms. The Kier molecular flexibility index (Phi) is 2.78. The zero-order valence-electron chi connectivity index (χ0n) is 11.3. The third kappa shape index (κ3) is 1.85. The minimum absolute atomic E-state index is 0.306. The fraction of sp³-hybridized carbons (Fsp3) is 0.214. The van der Waals surface area contributed by atoms with E-state index in [-0.39, 0.29) is 5.56 Å². The van der Waals surface area contributed by atoms with Crippen LogP contribution in [0.3, 0.4) is 0 Å². The minimum Gasteiger partial charge on any atom is -0.335 e. The van der Waals surface area contributed by atoms with Crippen LogP contribution in [0.5, 0.6) is 0 Å². The van der Waals surface area contributed by atoms with Crippen molar-refractivity contribution in [3.63, 3.8) is 0 Å². The van der Waals surface area contributed by atoms with Crippen LogP contribution in [0.15, 0.2) is 41.6 Å². The van der Waals surface area contributed by atoms with E-state index in [0.29, 0.717) is 17.0 Å². The lowest BCUT2D eigenvalue weighted by Crippen LogP contribution is -2.26. The molecule has 2 aromatic heterocycles. The van der Waals surface area contributed by atoms with Gasteiger partial charge in [-0.25, -0.2) is 14.3 Å². The zero-order chi connectivity index (χ0) is 14.3. The van der Waals surface area contributed by atoms with Crippen LogP contribution in [0, 0.1) is 0 Å². The maximum Gasteiger partial charge on any atom is 0.282 e. The first kappa shape index (κ1) is 12.4. The highest BCUT2D eigenvalue weighted by Crippen LogP contribution is 2.18. The molecular formula is C14H15N5O. The molecule has 0 saturated carbocycles. The normalized spacial score (nSPS) is 11.3. The number of nitrogens with zero attached hydrogens (tertiary/aromatic N) is 4. The van der Waals surface area contributed by atoms with E-state index in [1.807, 2.05) is 12.1 Å². The highest BCUT2D eigenvalue weighted by atomic mass is 16.1. The Hall–Kier alpha value is -2.63. The Balaban J connectivity index is 2.15. The fourth-order valence-electron chi connectivity index (χ4n) is 2.11. The summed E-state index contributed by atoms with van der Waals surface area (Å²) in [7, 11) is 0. The number of hydrogen-bond acceptors (Lipinski definition) is 4. The number of aromatic nitrogens is 4. The molecule has 0 aliphatic heterocycles. The van der Waals surface area contributed by atoms with Crippen LogP contribution in [-0.4, -0.2) is 19.4 Å². The van der Waals surface area contributed by atoms with Crippen LogP contribution < -0.4 is 11.4 Å². The lowest BCUT2D eigenvalue weighted by molar-refractivity contribution is 0.854. The molecule has 3 aromatic rings. The maximum absolute atomic E-state index is 11.9. The van der Waals surface area contributed by atoms with Crippen molar-refractivity contribution in [2.24, 2.45) is 0 Å². The van der Waals surface area contributed by atoms with Crippen molar-refractivity contribution in [1.82, 2.24) is 19.4 Å². The van der Waals surface area contributed by atoms with Gasteiger partial charge in [-0.3, -0.25) is 4.79 Å². The average Bonchev–Trinajstić information content (AvgIpc) is 2.87. The van der Waals surface area contributed by atoms with Gasteiger partial charge >= 0.3 is 0 Å². The van der Waals surface area contributed by atoms with Gasteiger partial charge in [-0.1, -0.05) is 26.0 Å². The molecule has 2 heterocycles. The first-order valence-corrected chi connectivity index (χ1v) is 6.38. The summed E-state index contributed by atoms with van der Waals surface area (Å²) in [6.45, 7) is 4.28. The van der Waals surface area contributed by atoms with Gasteiger partial charge in [0.2, 0.25) is 0 Å². The molecule has 102 valence electrons. The minimum atomic E-state index is -0.306. The number of benzene rings is 1. The van der Waals surface area contributed by atoms with Gasteiger partial charge in [0.05, 0.1) is 11.9 Å². The van der Waals surface area contributed by atoms with Gasteiger partial charge < -0.3 is 5.84 Å². The molecule has 0 saturated heterocycles. The largest absolute Gasteiger partial charge is 0.335 e. The van der Waals surface area contributed by atoms with E-state index >= 15 is 0 Å². The van der Waals surface area contributed by atoms with E-state index in [1.54, 1.807) is 4.68 Å². The van der Waals surface area contributed by atoms with E-state index < -0.39 is 0 Å². The van der Waals surface area contributed by atoms with Crippen LogP contribution in [-0.2, 0) is 0 Å². The third-order valence-electron chi connectivity index (χ3n) is 3.32. The van der Waals surface area contributed by atoms with Crippen molar-refractivity contribution >= 4 is 11.0 Å². The Morgan fingerprint density at radius 1 is 1.20 bits per heavy atom. The van der Waals surface area contributed by atoms with Crippen LogP contribution in [0.4, 0.5) is 0 Å². The van der Waals surface area contributed by atoms with Crippen molar-refractivity contribution in [2.75, 3.05) is 5.84 Å². The smallest absolute Gasteiger partial charge is 0.282 e. The maximum atomic E-state index is 11.9. The lowest BCUT2D eigenvalue weighted by Gasteiger charge is -2.07. The van der Waals surface area contributed by atoms with Crippen molar-refractivity contribution in [3.8, 4) is 5.69 Å². The van der Waals surface area contributed by atoms with Gasteiger partial charge in [0, 0.05) is 0 Å². The molecule has 0 fully saturated rings. The molecule has 0 amide bonds. The fourth-order valence-corrected chi connectivity index (χ4v) is 2.11. The van der Waals surface area contributed by atoms with Crippen LogP contribution in [0.25, 0.3) is 16.7 Å². The standard InChI is InChI=1S/C14H15N5O/c1-9(2)10-3-5-11(6-4-10)19-13-12(7-17-19)14(20)18(15)8-16-13/h3-9H,15H2,1-2H3. The molecule has 0 unspecified atom stereocenters. The summed E-state index contributed by atoms with van der Waals surface area (Å²) in [5, 5.41) is 4.63. The molecule has 0 bridgehead atoms. The molecule has 6 nitrogen and oxygen atoms in total. The van der Waals surface area contributed by atoms with E-state index in [2.05, 4.69) is 36.1 Å². The molecule has 3 rings (SSSR count). The van der Waals surface area contributed by atoms with E-state index in [9.17, 15) is 4.79 Å². The molecule has 0 aliphatic rings. The lowest BCUT2D eigenvalue weighted by atomic mass is 10.0. The predicted molar refractivity (Wildman–Crippen MR) is 77.4 cm³/mol. The number of rotatable bonds is 2. The topological polar surface area (TPSA) is 78.7 Å². The highest BCUT2D eigenvalue weighted by molar-refractivity contribution is 5.74. The molecular weight excluding hydrogens is 254 g/mol. The monoisotopic (exact) mass is 269 g/mol. The first-order chi connectivity index (χ1) is 9.58. The predicted octanol–water partition coefficient (Wildman–Crippen LogP) is 1.42. The van der Waals surface area contributed by atoms with Crippen LogP contribution in [0.1, 0.15) is 25.3 Å². The van der Waals surface area contributed by atoms with Gasteiger partial charge in [0.15, 0.2) is 5.65 Å². The van der Waals surface area contributed by atoms with Crippen molar-refractivity contribution in [1.29, 1.82) is 0 Å². The molecule has 0 atom stereocenters. The van der Waals surface area contributed by atoms with Gasteiger partial charge in [-0.15, -0.1) is 0 Å². The van der Waals surface area contributed by atoms with Crippen LogP contribution >= 0.6 is 0 Å². The molecule has 0 aliphatic carbocycles. The first-order valence-electron chi connectivity index (χ1n) is 6.38. The number of hydrogen-bond donors (Lipinski definition) is 1. The Morgan fingerprint density at radius 3 is 2.55 bits per heavy atom. The summed E-state index contributed by atoms with van der Waals surface area (Å²) in [6, 6.07) is 8.05. The summed E-state index contributed by atoms with van der Waals surface area (Å²) in [4.78, 5) is 16.0. The average molecular weight is 269 g/mol. The van der Waals surface area contributed by atoms with Crippen molar-refractivity contribution in [3.05, 3.63) is 52.7 Å². The van der Waals surface area contributed by atoms with Gasteiger partial charge in [0.25, 0.3) is 5.56 Å². The van der Waals surface area contributed by atoms with E-state index in [0.717, 1.165) is 10.4 Å². The SMILES string of the molecule is CC(C)c1ccc(-n2ncc3c(=O)n(N)cnc32)cc1. The second-order valence-electron chi connectivity index (χ2n) is 5.00. The van der Waals surface area contributed by atoms with Crippen molar-refractivity contribution in [2.45, 2.75) is 19.8 Å². The van der Waals surface area contributed by atoms with Gasteiger partial charge in [0.1, 0.15) is 11.7 Å². The molecule has 6 heteroatoms. The second kappa shape index (κ2) is 4.48. The Labute approximate surface area is 115 Å². The zero-order valence-corrected chi connectivity index (χ0v) is 11.3. The Morgan fingerprint density at radius 2 is 1.90 bits per heavy atom. The van der Waals surface area contributed by atoms with E-state index in [4.69, 9.17) is 5.84 Å². The summed E-state index contributed by atoms with van der Waals surface area (Å²) >= 11 is 0. The molecule has 0 radical (unpaired) electrons. The molecule has 20 heavy (non-hydrogen) atoms. The third-order valence-corrected chi connectivity index (χ3v) is 3.32. The van der Waals surface area contributed by atoms with Crippen LogP contribution in [0.2, 0.25) is 0 Å². The molecule has 2 N–H and O–H groups in total. The Bertz CT molecular complexity index is 814. The summed E-state index contributed by atoms with van der Waals surface area (Å²) in [6.07, 6.45) is 2.79. The molecule has 1 aromatic carbocycles. The quantitative estimate of drug-likeness (QED) is 0.714. The van der Waals surface area contributed by atoms with Crippen molar-refractivity contribution < 1.29 is 0 Å². The number of nitrogen functional groups attached to an aromatic ring is 1. The summed E-state index contributed by atoms with van der Waals surface area (Å²) < 4.78 is 2.59. The highest BCUT2D eigenvalue weighted by Gasteiger charge is 2.10. The van der Waals surface area contributed by atoms with E-state index in [1.165, 1.54) is 18.1 Å². The summed E-state index contributed by atoms with van der Waals surface area (Å²) in [5.74, 6) is 5.96. The number of nitrogens with two attached hydrogens (primary N) is 1. The summed E-state index contributed by atoms with van der Waals surface area (Å²) in [5.41, 5.74) is 2.32. The second-order valence-corrected chi connectivity index (χ2v) is 5.00. The number of fused-ring (bicyclic) bond motifs is 1. The van der Waals surface area contributed by atoms with Gasteiger partial charge in [-0.05, 0) is 23.6 Å². The van der Waals surface area contributed by atoms with Gasteiger partial charge in [-0.2, -0.15) is 5.10 Å².